The second kappa shape index (κ2) is 3.38. The summed E-state index contributed by atoms with van der Waals surface area (Å²) >= 11 is 0. The highest BCUT2D eigenvalue weighted by Gasteiger charge is 2.04. The minimum Gasteiger partial charge on any atom is -0.373 e. The van der Waals surface area contributed by atoms with E-state index in [1.807, 2.05) is 27.9 Å². The summed E-state index contributed by atoms with van der Waals surface area (Å²) in [6, 6.07) is 0. The van der Waals surface area contributed by atoms with E-state index in [1.165, 1.54) is 0 Å². The van der Waals surface area contributed by atoms with Crippen LogP contribution in [0.5, 0.6) is 0 Å². The molecular formula is C8H14N4. The van der Waals surface area contributed by atoms with Gasteiger partial charge in [0.25, 0.3) is 0 Å². The number of aromatic nitrogens is 2. The fourth-order valence-corrected chi connectivity index (χ4v) is 0.984. The summed E-state index contributed by atoms with van der Waals surface area (Å²) in [5, 5.41) is 5.93. The Morgan fingerprint density at radius 2 is 1.67 bits per heavy atom. The SMILES string of the molecule is CNc1nc(C)c(C)c(NC)n1. The number of aryl methyl sites for hydroxylation is 1. The molecule has 0 amide bonds. The Labute approximate surface area is 72.4 Å². The normalized spacial score (nSPS) is 9.67. The van der Waals surface area contributed by atoms with Gasteiger partial charge in [0.1, 0.15) is 5.82 Å². The lowest BCUT2D eigenvalue weighted by atomic mass is 10.2. The molecule has 12 heavy (non-hydrogen) atoms. The van der Waals surface area contributed by atoms with Gasteiger partial charge in [0.2, 0.25) is 5.95 Å². The van der Waals surface area contributed by atoms with E-state index in [9.17, 15) is 0 Å². The lowest BCUT2D eigenvalue weighted by Crippen LogP contribution is -2.04. The number of hydrogen-bond donors (Lipinski definition) is 2. The molecule has 0 radical (unpaired) electrons. The van der Waals surface area contributed by atoms with Gasteiger partial charge in [-0.25, -0.2) is 4.98 Å². The third-order valence-corrected chi connectivity index (χ3v) is 1.85. The molecule has 1 aromatic rings. The van der Waals surface area contributed by atoms with Crippen LogP contribution in [0.3, 0.4) is 0 Å². The van der Waals surface area contributed by atoms with Gasteiger partial charge in [-0.3, -0.25) is 0 Å². The summed E-state index contributed by atoms with van der Waals surface area (Å²) in [6.45, 7) is 3.97. The lowest BCUT2D eigenvalue weighted by molar-refractivity contribution is 1.06. The highest BCUT2D eigenvalue weighted by Crippen LogP contribution is 2.15. The Hall–Kier alpha value is -1.32. The highest BCUT2D eigenvalue weighted by atomic mass is 15.1. The van der Waals surface area contributed by atoms with Crippen molar-refractivity contribution in [2.24, 2.45) is 0 Å². The molecule has 66 valence electrons. The summed E-state index contributed by atoms with van der Waals surface area (Å²) in [5.74, 6) is 1.54. The minimum atomic E-state index is 0.655. The molecule has 1 aromatic heterocycles. The van der Waals surface area contributed by atoms with Crippen LogP contribution in [0.1, 0.15) is 11.3 Å². The Morgan fingerprint density at radius 1 is 1.00 bits per heavy atom. The van der Waals surface area contributed by atoms with Crippen molar-refractivity contribution in [3.8, 4) is 0 Å². The molecule has 4 nitrogen and oxygen atoms in total. The second-order valence-electron chi connectivity index (χ2n) is 2.61. The summed E-state index contributed by atoms with van der Waals surface area (Å²) < 4.78 is 0. The molecule has 2 N–H and O–H groups in total. The molecule has 0 aliphatic heterocycles. The maximum Gasteiger partial charge on any atom is 0.224 e. The standard InChI is InChI=1S/C8H14N4/c1-5-6(2)11-8(10-4)12-7(5)9-3/h1-4H3,(H2,9,10,11,12). The van der Waals surface area contributed by atoms with Crippen LogP contribution in [0.2, 0.25) is 0 Å². The average molecular weight is 166 g/mol. The summed E-state index contributed by atoms with van der Waals surface area (Å²) in [6.07, 6.45) is 0. The smallest absolute Gasteiger partial charge is 0.224 e. The van der Waals surface area contributed by atoms with E-state index < -0.39 is 0 Å². The Kier molecular flexibility index (Phi) is 2.47. The van der Waals surface area contributed by atoms with Crippen LogP contribution in [-0.4, -0.2) is 24.1 Å². The molecule has 1 heterocycles. The second-order valence-corrected chi connectivity index (χ2v) is 2.61. The van der Waals surface area contributed by atoms with Crippen LogP contribution < -0.4 is 10.6 Å². The van der Waals surface area contributed by atoms with Gasteiger partial charge < -0.3 is 10.6 Å². The molecule has 4 heteroatoms. The fraction of sp³-hybridized carbons (Fsp3) is 0.500. The van der Waals surface area contributed by atoms with Gasteiger partial charge in [-0.05, 0) is 13.8 Å². The van der Waals surface area contributed by atoms with Crippen molar-refractivity contribution < 1.29 is 0 Å². The number of nitrogens with zero attached hydrogens (tertiary/aromatic N) is 2. The van der Waals surface area contributed by atoms with E-state index in [0.29, 0.717) is 5.95 Å². The molecule has 1 rings (SSSR count). The number of nitrogens with one attached hydrogen (secondary N) is 2. The first-order valence-corrected chi connectivity index (χ1v) is 3.89. The van der Waals surface area contributed by atoms with Crippen LogP contribution in [0.15, 0.2) is 0 Å². The Balaban J connectivity index is 3.19. The fourth-order valence-electron chi connectivity index (χ4n) is 0.984. The minimum absolute atomic E-state index is 0.655. The first-order chi connectivity index (χ1) is 5.69. The topological polar surface area (TPSA) is 49.8 Å². The predicted octanol–water partition coefficient (Wildman–Crippen LogP) is 1.18. The van der Waals surface area contributed by atoms with E-state index in [4.69, 9.17) is 0 Å². The van der Waals surface area contributed by atoms with E-state index >= 15 is 0 Å². The van der Waals surface area contributed by atoms with Gasteiger partial charge in [0, 0.05) is 25.4 Å². The molecule has 0 atom stereocenters. The van der Waals surface area contributed by atoms with Gasteiger partial charge in [0.05, 0.1) is 0 Å². The zero-order chi connectivity index (χ0) is 9.14. The molecule has 0 spiro atoms. The predicted molar refractivity (Wildman–Crippen MR) is 50.6 cm³/mol. The summed E-state index contributed by atoms with van der Waals surface area (Å²) in [4.78, 5) is 8.47. The van der Waals surface area contributed by atoms with Gasteiger partial charge in [-0.1, -0.05) is 0 Å². The van der Waals surface area contributed by atoms with Gasteiger partial charge in [-0.15, -0.1) is 0 Å². The number of hydrogen-bond acceptors (Lipinski definition) is 4. The van der Waals surface area contributed by atoms with Crippen LogP contribution in [-0.2, 0) is 0 Å². The molecule has 0 aromatic carbocycles. The van der Waals surface area contributed by atoms with Gasteiger partial charge >= 0.3 is 0 Å². The Morgan fingerprint density at radius 3 is 2.17 bits per heavy atom. The van der Waals surface area contributed by atoms with Crippen LogP contribution >= 0.6 is 0 Å². The largest absolute Gasteiger partial charge is 0.373 e. The number of anilines is 2. The zero-order valence-corrected chi connectivity index (χ0v) is 7.89. The van der Waals surface area contributed by atoms with Crippen LogP contribution in [0, 0.1) is 13.8 Å². The van der Waals surface area contributed by atoms with E-state index in [-0.39, 0.29) is 0 Å². The third-order valence-electron chi connectivity index (χ3n) is 1.85. The number of rotatable bonds is 2. The monoisotopic (exact) mass is 166 g/mol. The Bertz CT molecular complexity index is 283. The molecule has 0 fully saturated rings. The quantitative estimate of drug-likeness (QED) is 0.692. The first kappa shape index (κ1) is 8.77. The van der Waals surface area contributed by atoms with Crippen LogP contribution in [0.4, 0.5) is 11.8 Å². The average Bonchev–Trinajstić information content (AvgIpc) is 2.09. The van der Waals surface area contributed by atoms with Crippen molar-refractivity contribution in [2.45, 2.75) is 13.8 Å². The van der Waals surface area contributed by atoms with Gasteiger partial charge in [-0.2, -0.15) is 4.98 Å². The van der Waals surface area contributed by atoms with Crippen molar-refractivity contribution in [3.63, 3.8) is 0 Å². The molecule has 0 aliphatic rings. The van der Waals surface area contributed by atoms with Crippen molar-refractivity contribution in [1.82, 2.24) is 9.97 Å². The van der Waals surface area contributed by atoms with Crippen LogP contribution in [0.25, 0.3) is 0 Å². The molecule has 0 bridgehead atoms. The first-order valence-electron chi connectivity index (χ1n) is 3.89. The summed E-state index contributed by atoms with van der Waals surface area (Å²) in [5.41, 5.74) is 2.09. The highest BCUT2D eigenvalue weighted by molar-refractivity contribution is 5.48. The van der Waals surface area contributed by atoms with Crippen molar-refractivity contribution in [2.75, 3.05) is 24.7 Å². The molecule has 0 unspecified atom stereocenters. The van der Waals surface area contributed by atoms with E-state index in [2.05, 4.69) is 20.6 Å². The third kappa shape index (κ3) is 1.47. The molecule has 0 saturated heterocycles. The van der Waals surface area contributed by atoms with E-state index in [0.717, 1.165) is 17.1 Å². The van der Waals surface area contributed by atoms with Crippen molar-refractivity contribution >= 4 is 11.8 Å². The summed E-state index contributed by atoms with van der Waals surface area (Å²) in [7, 11) is 3.66. The maximum atomic E-state index is 4.24. The maximum absolute atomic E-state index is 4.24. The zero-order valence-electron chi connectivity index (χ0n) is 7.89. The van der Waals surface area contributed by atoms with Crippen molar-refractivity contribution in [1.29, 1.82) is 0 Å². The lowest BCUT2D eigenvalue weighted by Gasteiger charge is -2.08. The van der Waals surface area contributed by atoms with Gasteiger partial charge in [0.15, 0.2) is 0 Å². The molecule has 0 aliphatic carbocycles. The molecule has 0 saturated carbocycles. The molecular weight excluding hydrogens is 152 g/mol. The van der Waals surface area contributed by atoms with E-state index in [1.54, 1.807) is 0 Å². The van der Waals surface area contributed by atoms with Crippen molar-refractivity contribution in [3.05, 3.63) is 11.3 Å².